The second-order valence-corrected chi connectivity index (χ2v) is 7.25. The maximum Gasteiger partial charge on any atom is 0.226 e. The first-order valence-electron chi connectivity index (χ1n) is 9.23. The molecule has 0 aliphatic heterocycles. The summed E-state index contributed by atoms with van der Waals surface area (Å²) in [7, 11) is 1.61. The second kappa shape index (κ2) is 9.23. The molecule has 1 amide bonds. The molecule has 0 saturated heterocycles. The number of nitrogens with one attached hydrogen (secondary N) is 1. The average Bonchev–Trinajstić information content (AvgIpc) is 3.44. The molecule has 0 spiro atoms. The number of ether oxygens (including phenoxy) is 1. The summed E-state index contributed by atoms with van der Waals surface area (Å²) in [5.74, 6) is 1.61. The molecule has 9 nitrogen and oxygen atoms in total. The van der Waals surface area contributed by atoms with Crippen molar-refractivity contribution >= 4 is 22.4 Å². The number of carbonyl (C=O) groups is 1. The first kappa shape index (κ1) is 19.6. The van der Waals surface area contributed by atoms with Gasteiger partial charge >= 0.3 is 0 Å². The molecule has 0 atom stereocenters. The van der Waals surface area contributed by atoms with Gasteiger partial charge in [-0.3, -0.25) is 9.78 Å². The third-order valence-corrected chi connectivity index (χ3v) is 5.03. The number of aryl methyl sites for hydroxylation is 1. The zero-order chi connectivity index (χ0) is 20.8. The number of aromatic nitrogens is 5. The fourth-order valence-electron chi connectivity index (χ4n) is 2.66. The Balaban J connectivity index is 1.26. The number of hydrogen-bond acceptors (Lipinski definition) is 9. The molecule has 3 heterocycles. The molecule has 4 aromatic rings. The second-order valence-electron chi connectivity index (χ2n) is 6.27. The summed E-state index contributed by atoms with van der Waals surface area (Å²) < 4.78 is 10.4. The molecule has 10 heteroatoms. The summed E-state index contributed by atoms with van der Waals surface area (Å²) in [6.07, 6.45) is 3.07. The van der Waals surface area contributed by atoms with Gasteiger partial charge in [0, 0.05) is 24.6 Å². The van der Waals surface area contributed by atoms with E-state index in [1.54, 1.807) is 13.3 Å². The largest absolute Gasteiger partial charge is 0.497 e. The first-order valence-corrected chi connectivity index (χ1v) is 10.0. The predicted octanol–water partition coefficient (Wildman–Crippen LogP) is 3.62. The van der Waals surface area contributed by atoms with Crippen LogP contribution in [0.25, 0.3) is 22.1 Å². The summed E-state index contributed by atoms with van der Waals surface area (Å²) in [5.41, 5.74) is 1.56. The third kappa shape index (κ3) is 4.84. The Labute approximate surface area is 176 Å². The van der Waals surface area contributed by atoms with Crippen LogP contribution in [0.3, 0.4) is 0 Å². The minimum atomic E-state index is -0.145. The standard InChI is InChI=1S/C20H18N6O3S/c1-28-14-10-8-13(9-11-14)18-23-17(29-26-18)7-4-6-16(27)22-20-25-24-19(30-20)15-5-2-3-12-21-15/h2-3,5,8-12H,4,6-7H2,1H3,(H,22,25,27). The Morgan fingerprint density at radius 1 is 1.17 bits per heavy atom. The molecule has 0 radical (unpaired) electrons. The quantitative estimate of drug-likeness (QED) is 0.458. The van der Waals surface area contributed by atoms with Crippen LogP contribution >= 0.6 is 11.3 Å². The summed E-state index contributed by atoms with van der Waals surface area (Å²) in [5, 5.41) is 15.9. The highest BCUT2D eigenvalue weighted by Crippen LogP contribution is 2.24. The monoisotopic (exact) mass is 422 g/mol. The van der Waals surface area contributed by atoms with E-state index in [1.165, 1.54) is 11.3 Å². The number of rotatable bonds is 8. The number of hydrogen-bond donors (Lipinski definition) is 1. The van der Waals surface area contributed by atoms with Gasteiger partial charge in [0.05, 0.1) is 7.11 Å². The molecule has 0 aliphatic rings. The third-order valence-electron chi connectivity index (χ3n) is 4.17. The molecular formula is C20H18N6O3S. The SMILES string of the molecule is COc1ccc(-c2noc(CCCC(=O)Nc3nnc(-c4ccccn4)s3)n2)cc1. The van der Waals surface area contributed by atoms with Crippen LogP contribution in [-0.2, 0) is 11.2 Å². The van der Waals surface area contributed by atoms with Crippen LogP contribution in [-0.4, -0.2) is 38.3 Å². The van der Waals surface area contributed by atoms with E-state index >= 15 is 0 Å². The van der Waals surface area contributed by atoms with Gasteiger partial charge in [0.2, 0.25) is 22.8 Å². The number of benzene rings is 1. The van der Waals surface area contributed by atoms with E-state index in [-0.39, 0.29) is 5.91 Å². The highest BCUT2D eigenvalue weighted by molar-refractivity contribution is 7.18. The number of amides is 1. The van der Waals surface area contributed by atoms with E-state index in [0.717, 1.165) is 17.0 Å². The zero-order valence-electron chi connectivity index (χ0n) is 16.1. The van der Waals surface area contributed by atoms with Gasteiger partial charge in [0.15, 0.2) is 5.01 Å². The fourth-order valence-corrected chi connectivity index (χ4v) is 3.40. The highest BCUT2D eigenvalue weighted by atomic mass is 32.1. The molecule has 1 aromatic carbocycles. The predicted molar refractivity (Wildman–Crippen MR) is 111 cm³/mol. The topological polar surface area (TPSA) is 116 Å². The van der Waals surface area contributed by atoms with Gasteiger partial charge in [-0.1, -0.05) is 22.6 Å². The Morgan fingerprint density at radius 3 is 2.80 bits per heavy atom. The van der Waals surface area contributed by atoms with Crippen molar-refractivity contribution in [3.63, 3.8) is 0 Å². The van der Waals surface area contributed by atoms with Crippen LogP contribution in [0.15, 0.2) is 53.2 Å². The van der Waals surface area contributed by atoms with Crippen molar-refractivity contribution in [2.75, 3.05) is 12.4 Å². The molecule has 30 heavy (non-hydrogen) atoms. The van der Waals surface area contributed by atoms with E-state index in [1.807, 2.05) is 42.5 Å². The molecule has 0 saturated carbocycles. The van der Waals surface area contributed by atoms with Gasteiger partial charge < -0.3 is 14.6 Å². The number of pyridine rings is 1. The van der Waals surface area contributed by atoms with E-state index in [4.69, 9.17) is 9.26 Å². The van der Waals surface area contributed by atoms with Crippen molar-refractivity contribution in [3.8, 4) is 27.8 Å². The molecule has 0 aliphatic carbocycles. The number of nitrogens with zero attached hydrogens (tertiary/aromatic N) is 5. The molecule has 1 N–H and O–H groups in total. The van der Waals surface area contributed by atoms with Crippen LogP contribution in [0, 0.1) is 0 Å². The molecular weight excluding hydrogens is 404 g/mol. The lowest BCUT2D eigenvalue weighted by Crippen LogP contribution is -2.11. The molecule has 4 rings (SSSR count). The van der Waals surface area contributed by atoms with Crippen molar-refractivity contribution in [2.45, 2.75) is 19.3 Å². The van der Waals surface area contributed by atoms with Crippen LogP contribution < -0.4 is 10.1 Å². The van der Waals surface area contributed by atoms with E-state index in [2.05, 4.69) is 30.6 Å². The summed E-state index contributed by atoms with van der Waals surface area (Å²) in [6.45, 7) is 0. The maximum atomic E-state index is 12.2. The Kier molecular flexibility index (Phi) is 6.04. The maximum absolute atomic E-state index is 12.2. The summed E-state index contributed by atoms with van der Waals surface area (Å²) in [4.78, 5) is 20.8. The molecule has 0 unspecified atom stereocenters. The van der Waals surface area contributed by atoms with Gasteiger partial charge in [-0.25, -0.2) is 0 Å². The molecule has 0 fully saturated rings. The minimum absolute atomic E-state index is 0.145. The van der Waals surface area contributed by atoms with Crippen LogP contribution in [0.4, 0.5) is 5.13 Å². The summed E-state index contributed by atoms with van der Waals surface area (Å²) >= 11 is 1.28. The Morgan fingerprint density at radius 2 is 2.03 bits per heavy atom. The van der Waals surface area contributed by atoms with Crippen LogP contribution in [0.5, 0.6) is 5.75 Å². The lowest BCUT2D eigenvalue weighted by molar-refractivity contribution is -0.116. The minimum Gasteiger partial charge on any atom is -0.497 e. The molecule has 3 aromatic heterocycles. The van der Waals surface area contributed by atoms with Gasteiger partial charge in [-0.2, -0.15) is 4.98 Å². The fraction of sp³-hybridized carbons (Fsp3) is 0.200. The number of methoxy groups -OCH3 is 1. The van der Waals surface area contributed by atoms with Crippen molar-refractivity contribution in [2.24, 2.45) is 0 Å². The lowest BCUT2D eigenvalue weighted by atomic mass is 10.2. The van der Waals surface area contributed by atoms with Crippen LogP contribution in [0.1, 0.15) is 18.7 Å². The summed E-state index contributed by atoms with van der Waals surface area (Å²) in [6, 6.07) is 12.9. The Bertz CT molecular complexity index is 1110. The van der Waals surface area contributed by atoms with Gasteiger partial charge in [-0.15, -0.1) is 10.2 Å². The van der Waals surface area contributed by atoms with Gasteiger partial charge in [-0.05, 0) is 42.8 Å². The average molecular weight is 422 g/mol. The molecule has 0 bridgehead atoms. The normalized spacial score (nSPS) is 10.7. The lowest BCUT2D eigenvalue weighted by Gasteiger charge is -1.99. The van der Waals surface area contributed by atoms with Gasteiger partial charge in [0.25, 0.3) is 0 Å². The van der Waals surface area contributed by atoms with Crippen molar-refractivity contribution in [1.82, 2.24) is 25.3 Å². The highest BCUT2D eigenvalue weighted by Gasteiger charge is 2.12. The van der Waals surface area contributed by atoms with E-state index < -0.39 is 0 Å². The van der Waals surface area contributed by atoms with E-state index in [9.17, 15) is 4.79 Å². The van der Waals surface area contributed by atoms with Crippen molar-refractivity contribution in [3.05, 3.63) is 54.6 Å². The zero-order valence-corrected chi connectivity index (χ0v) is 16.9. The number of carbonyl (C=O) groups excluding carboxylic acids is 1. The van der Waals surface area contributed by atoms with Crippen molar-refractivity contribution in [1.29, 1.82) is 0 Å². The van der Waals surface area contributed by atoms with Gasteiger partial charge in [0.1, 0.15) is 11.4 Å². The van der Waals surface area contributed by atoms with E-state index in [0.29, 0.717) is 41.1 Å². The molecule has 152 valence electrons. The van der Waals surface area contributed by atoms with Crippen LogP contribution in [0.2, 0.25) is 0 Å². The smallest absolute Gasteiger partial charge is 0.226 e. The van der Waals surface area contributed by atoms with Crippen molar-refractivity contribution < 1.29 is 14.1 Å². The number of anilines is 1. The Hall–Kier alpha value is -3.66. The first-order chi connectivity index (χ1) is 14.7.